The molecule has 1 amide bonds. The number of benzene rings is 1. The van der Waals surface area contributed by atoms with Gasteiger partial charge in [0.15, 0.2) is 0 Å². The highest BCUT2D eigenvalue weighted by molar-refractivity contribution is 6.29. The third kappa shape index (κ3) is 5.55. The number of aromatic nitrogens is 1. The molecule has 1 aromatic heterocycles. The van der Waals surface area contributed by atoms with Crippen LogP contribution in [0.25, 0.3) is 0 Å². The zero-order valence-corrected chi connectivity index (χ0v) is 13.8. The lowest BCUT2D eigenvalue weighted by molar-refractivity contribution is -0.141. The Morgan fingerprint density at radius 1 is 1.25 bits per heavy atom. The van der Waals surface area contributed by atoms with Gasteiger partial charge in [0.2, 0.25) is 0 Å². The van der Waals surface area contributed by atoms with Gasteiger partial charge in [0.1, 0.15) is 11.8 Å². The van der Waals surface area contributed by atoms with Crippen LogP contribution in [0.4, 0.5) is 4.79 Å². The summed E-state index contributed by atoms with van der Waals surface area (Å²) in [5.41, 5.74) is 1.50. The minimum atomic E-state index is -0.638. The molecular formula is C17H17ClN2O4. The first-order valence-corrected chi connectivity index (χ1v) is 7.61. The van der Waals surface area contributed by atoms with Crippen molar-refractivity contribution in [2.75, 3.05) is 7.11 Å². The van der Waals surface area contributed by atoms with Crippen molar-refractivity contribution in [3.05, 3.63) is 64.9 Å². The Morgan fingerprint density at radius 2 is 2.00 bits per heavy atom. The van der Waals surface area contributed by atoms with Crippen LogP contribution in [0, 0.1) is 0 Å². The van der Waals surface area contributed by atoms with Crippen LogP contribution in [0.2, 0.25) is 5.15 Å². The lowest BCUT2D eigenvalue weighted by atomic mass is 10.1. The van der Waals surface area contributed by atoms with Crippen molar-refractivity contribution in [2.45, 2.75) is 19.1 Å². The lowest BCUT2D eigenvalue weighted by Gasteiger charge is -2.18. The standard InChI is InChI=1S/C17H17ClN2O4/c1-23-16(21)10-14(13-7-8-19-15(18)9-13)20-17(22)24-11-12-5-3-2-4-6-12/h2-9,14H,10-11H2,1H3,(H,20,22)/t14-/m0/s1. The van der Waals surface area contributed by atoms with Gasteiger partial charge in [-0.15, -0.1) is 0 Å². The van der Waals surface area contributed by atoms with Crippen LogP contribution in [0.3, 0.4) is 0 Å². The molecule has 0 aliphatic heterocycles. The summed E-state index contributed by atoms with van der Waals surface area (Å²) in [6.45, 7) is 0.134. The molecule has 0 spiro atoms. The van der Waals surface area contributed by atoms with Gasteiger partial charge in [0.25, 0.3) is 0 Å². The lowest BCUT2D eigenvalue weighted by Crippen LogP contribution is -2.31. The number of amides is 1. The first-order valence-electron chi connectivity index (χ1n) is 7.24. The summed E-state index contributed by atoms with van der Waals surface area (Å²) in [4.78, 5) is 27.5. The average molecular weight is 349 g/mol. The highest BCUT2D eigenvalue weighted by Gasteiger charge is 2.20. The minimum Gasteiger partial charge on any atom is -0.469 e. The Labute approximate surface area is 144 Å². The number of halogens is 1. The molecule has 1 aromatic carbocycles. The van der Waals surface area contributed by atoms with Crippen LogP contribution in [-0.2, 0) is 20.9 Å². The second-order valence-corrected chi connectivity index (χ2v) is 5.34. The summed E-state index contributed by atoms with van der Waals surface area (Å²) in [7, 11) is 1.28. The van der Waals surface area contributed by atoms with Crippen molar-refractivity contribution in [3.8, 4) is 0 Å². The van der Waals surface area contributed by atoms with Gasteiger partial charge in [-0.25, -0.2) is 9.78 Å². The average Bonchev–Trinajstić information content (AvgIpc) is 2.60. The second kappa shape index (κ2) is 8.88. The fourth-order valence-electron chi connectivity index (χ4n) is 2.04. The molecule has 0 radical (unpaired) electrons. The number of carbonyl (C=O) groups excluding carboxylic acids is 2. The number of rotatable bonds is 6. The number of nitrogens with zero attached hydrogens (tertiary/aromatic N) is 1. The maximum atomic E-state index is 12.0. The van der Waals surface area contributed by atoms with Gasteiger partial charge in [-0.3, -0.25) is 4.79 Å². The number of alkyl carbamates (subject to hydrolysis) is 1. The molecule has 0 unspecified atom stereocenters. The van der Waals surface area contributed by atoms with Gasteiger partial charge in [-0.1, -0.05) is 41.9 Å². The topological polar surface area (TPSA) is 77.5 Å². The molecule has 6 nitrogen and oxygen atoms in total. The number of methoxy groups -OCH3 is 1. The summed E-state index contributed by atoms with van der Waals surface area (Å²) in [6, 6.07) is 11.9. The normalized spacial score (nSPS) is 11.4. The molecule has 24 heavy (non-hydrogen) atoms. The van der Waals surface area contributed by atoms with Gasteiger partial charge in [0, 0.05) is 6.20 Å². The van der Waals surface area contributed by atoms with E-state index in [0.717, 1.165) is 5.56 Å². The fraction of sp³-hybridized carbons (Fsp3) is 0.235. The smallest absolute Gasteiger partial charge is 0.407 e. The van der Waals surface area contributed by atoms with Crippen LogP contribution in [-0.4, -0.2) is 24.2 Å². The third-order valence-electron chi connectivity index (χ3n) is 3.26. The van der Waals surface area contributed by atoms with Crippen LogP contribution >= 0.6 is 11.6 Å². The maximum Gasteiger partial charge on any atom is 0.407 e. The predicted octanol–water partition coefficient (Wildman–Crippen LogP) is 3.27. The summed E-state index contributed by atoms with van der Waals surface area (Å²) in [5, 5.41) is 2.91. The summed E-state index contributed by atoms with van der Waals surface area (Å²) < 4.78 is 9.84. The Hall–Kier alpha value is -2.60. The van der Waals surface area contributed by atoms with Crippen molar-refractivity contribution in [3.63, 3.8) is 0 Å². The van der Waals surface area contributed by atoms with E-state index in [4.69, 9.17) is 16.3 Å². The quantitative estimate of drug-likeness (QED) is 0.640. The van der Waals surface area contributed by atoms with E-state index in [9.17, 15) is 9.59 Å². The number of hydrogen-bond donors (Lipinski definition) is 1. The minimum absolute atomic E-state index is 0.0444. The highest BCUT2D eigenvalue weighted by Crippen LogP contribution is 2.20. The van der Waals surface area contributed by atoms with Crippen molar-refractivity contribution in [1.82, 2.24) is 10.3 Å². The van der Waals surface area contributed by atoms with Crippen molar-refractivity contribution < 1.29 is 19.1 Å². The van der Waals surface area contributed by atoms with E-state index in [-0.39, 0.29) is 18.2 Å². The van der Waals surface area contributed by atoms with E-state index >= 15 is 0 Å². The van der Waals surface area contributed by atoms with Crippen LogP contribution in [0.15, 0.2) is 48.7 Å². The molecule has 0 saturated heterocycles. The SMILES string of the molecule is COC(=O)C[C@H](NC(=O)OCc1ccccc1)c1ccnc(Cl)c1. The van der Waals surface area contributed by atoms with Crippen molar-refractivity contribution in [2.24, 2.45) is 0 Å². The largest absolute Gasteiger partial charge is 0.469 e. The van der Waals surface area contributed by atoms with Crippen LogP contribution in [0.5, 0.6) is 0 Å². The van der Waals surface area contributed by atoms with Crippen LogP contribution < -0.4 is 5.32 Å². The second-order valence-electron chi connectivity index (χ2n) is 4.95. The summed E-state index contributed by atoms with van der Waals surface area (Å²) in [6.07, 6.45) is 0.816. The monoisotopic (exact) mass is 348 g/mol. The molecule has 1 heterocycles. The molecule has 0 aliphatic carbocycles. The van der Waals surface area contributed by atoms with E-state index in [1.54, 1.807) is 12.1 Å². The number of ether oxygens (including phenoxy) is 2. The van der Waals surface area contributed by atoms with Gasteiger partial charge in [-0.05, 0) is 23.3 Å². The molecule has 126 valence electrons. The van der Waals surface area contributed by atoms with E-state index in [1.165, 1.54) is 13.3 Å². The third-order valence-corrected chi connectivity index (χ3v) is 3.46. The Balaban J connectivity index is 2.01. The molecule has 2 aromatic rings. The van der Waals surface area contributed by atoms with E-state index < -0.39 is 18.1 Å². The molecule has 1 atom stereocenters. The number of nitrogens with one attached hydrogen (secondary N) is 1. The predicted molar refractivity (Wildman–Crippen MR) is 88.4 cm³/mol. The number of esters is 1. The number of pyridine rings is 1. The van der Waals surface area contributed by atoms with E-state index in [0.29, 0.717) is 5.56 Å². The molecular weight excluding hydrogens is 332 g/mol. The van der Waals surface area contributed by atoms with E-state index in [2.05, 4.69) is 15.0 Å². The fourth-order valence-corrected chi connectivity index (χ4v) is 2.23. The zero-order chi connectivity index (χ0) is 17.4. The Bertz CT molecular complexity index is 694. The molecule has 0 aliphatic rings. The van der Waals surface area contributed by atoms with E-state index in [1.807, 2.05) is 30.3 Å². The Kier molecular flexibility index (Phi) is 6.57. The summed E-state index contributed by atoms with van der Waals surface area (Å²) in [5.74, 6) is -0.462. The van der Waals surface area contributed by atoms with Gasteiger partial charge in [0.05, 0.1) is 19.6 Å². The Morgan fingerprint density at radius 3 is 2.67 bits per heavy atom. The molecule has 2 rings (SSSR count). The molecule has 0 fully saturated rings. The maximum absolute atomic E-state index is 12.0. The first kappa shape index (κ1) is 17.7. The first-order chi connectivity index (χ1) is 11.6. The van der Waals surface area contributed by atoms with Crippen molar-refractivity contribution >= 4 is 23.7 Å². The number of hydrogen-bond acceptors (Lipinski definition) is 5. The number of carbonyl (C=O) groups is 2. The molecule has 0 bridgehead atoms. The van der Waals surface area contributed by atoms with Gasteiger partial charge < -0.3 is 14.8 Å². The summed E-state index contributed by atoms with van der Waals surface area (Å²) >= 11 is 5.87. The molecule has 1 N–H and O–H groups in total. The highest BCUT2D eigenvalue weighted by atomic mass is 35.5. The van der Waals surface area contributed by atoms with Gasteiger partial charge >= 0.3 is 12.1 Å². The molecule has 7 heteroatoms. The zero-order valence-electron chi connectivity index (χ0n) is 13.1. The van der Waals surface area contributed by atoms with Crippen molar-refractivity contribution in [1.29, 1.82) is 0 Å². The molecule has 0 saturated carbocycles. The van der Waals surface area contributed by atoms with Crippen LogP contribution in [0.1, 0.15) is 23.6 Å². The van der Waals surface area contributed by atoms with Gasteiger partial charge in [-0.2, -0.15) is 0 Å².